The van der Waals surface area contributed by atoms with Gasteiger partial charge in [0.1, 0.15) is 0 Å². The molecule has 0 saturated heterocycles. The average molecular weight is 323 g/mol. The van der Waals surface area contributed by atoms with E-state index in [0.717, 1.165) is 41.4 Å². The molecule has 0 heteroatoms. The van der Waals surface area contributed by atoms with Crippen LogP contribution in [0.5, 0.6) is 0 Å². The van der Waals surface area contributed by atoms with Crippen molar-refractivity contribution < 1.29 is 0 Å². The second kappa shape index (κ2) is 12.2. The number of hydrogen-bond donors (Lipinski definition) is 0. The summed E-state index contributed by atoms with van der Waals surface area (Å²) in [6.45, 7) is 23.5. The van der Waals surface area contributed by atoms with Crippen molar-refractivity contribution in [2.24, 2.45) is 41.4 Å². The highest BCUT2D eigenvalue weighted by Crippen LogP contribution is 2.39. The minimum absolute atomic E-state index is 0.807. The Bertz CT molecular complexity index is 292. The highest BCUT2D eigenvalue weighted by molar-refractivity contribution is 4.82. The first kappa shape index (κ1) is 22.7. The van der Waals surface area contributed by atoms with E-state index in [1.165, 1.54) is 38.5 Å². The van der Waals surface area contributed by atoms with Crippen LogP contribution >= 0.6 is 0 Å². The molecule has 0 aromatic heterocycles. The molecule has 0 spiro atoms. The van der Waals surface area contributed by atoms with E-state index in [1.54, 1.807) is 0 Å². The summed E-state index contributed by atoms with van der Waals surface area (Å²) in [6.07, 6.45) is 10.0. The van der Waals surface area contributed by atoms with E-state index in [2.05, 4.69) is 68.0 Å². The van der Waals surface area contributed by atoms with E-state index >= 15 is 0 Å². The Morgan fingerprint density at radius 2 is 1.26 bits per heavy atom. The van der Waals surface area contributed by atoms with Crippen molar-refractivity contribution in [3.63, 3.8) is 0 Å². The van der Waals surface area contributed by atoms with Gasteiger partial charge in [-0.3, -0.25) is 0 Å². The van der Waals surface area contributed by atoms with Gasteiger partial charge in [-0.2, -0.15) is 0 Å². The van der Waals surface area contributed by atoms with Crippen LogP contribution in [0.1, 0.15) is 93.9 Å². The van der Waals surface area contributed by atoms with Crippen molar-refractivity contribution in [1.82, 2.24) is 0 Å². The van der Waals surface area contributed by atoms with E-state index < -0.39 is 0 Å². The van der Waals surface area contributed by atoms with Crippen LogP contribution in [0.15, 0.2) is 12.7 Å². The first-order valence-corrected chi connectivity index (χ1v) is 10.4. The van der Waals surface area contributed by atoms with E-state index in [4.69, 9.17) is 0 Å². The van der Waals surface area contributed by atoms with Gasteiger partial charge in [-0.15, -0.1) is 6.58 Å². The lowest BCUT2D eigenvalue weighted by molar-refractivity contribution is 0.107. The standard InChI is InChI=1S/C23H46/c1-10-13-15-23(16-14-11-2)22(9)21(8)20(7)19(6)18(5)17(4)12-3/h10,17-23H,1,11-16H2,2-9H3. The van der Waals surface area contributed by atoms with Crippen molar-refractivity contribution in [3.8, 4) is 0 Å². The predicted molar refractivity (Wildman–Crippen MR) is 108 cm³/mol. The third kappa shape index (κ3) is 7.44. The van der Waals surface area contributed by atoms with Gasteiger partial charge in [0.15, 0.2) is 0 Å². The number of hydrogen-bond acceptors (Lipinski definition) is 0. The third-order valence-electron chi connectivity index (χ3n) is 7.27. The smallest absolute Gasteiger partial charge is 0.0351 e. The van der Waals surface area contributed by atoms with Crippen LogP contribution < -0.4 is 0 Å². The van der Waals surface area contributed by atoms with Gasteiger partial charge in [-0.05, 0) is 54.3 Å². The maximum atomic E-state index is 3.93. The Morgan fingerprint density at radius 1 is 0.739 bits per heavy atom. The molecule has 0 nitrogen and oxygen atoms in total. The van der Waals surface area contributed by atoms with Crippen LogP contribution in [0.4, 0.5) is 0 Å². The van der Waals surface area contributed by atoms with Gasteiger partial charge in [0, 0.05) is 0 Å². The molecule has 0 aliphatic rings. The van der Waals surface area contributed by atoms with Gasteiger partial charge < -0.3 is 0 Å². The molecule has 7 atom stereocenters. The zero-order valence-corrected chi connectivity index (χ0v) is 17.6. The summed E-state index contributed by atoms with van der Waals surface area (Å²) in [5.74, 6) is 5.79. The first-order valence-electron chi connectivity index (χ1n) is 10.4. The second-order valence-corrected chi connectivity index (χ2v) is 8.45. The van der Waals surface area contributed by atoms with Gasteiger partial charge in [0.25, 0.3) is 0 Å². The zero-order valence-electron chi connectivity index (χ0n) is 17.6. The van der Waals surface area contributed by atoms with Crippen molar-refractivity contribution in [2.75, 3.05) is 0 Å². The molecule has 138 valence electrons. The number of allylic oxidation sites excluding steroid dienone is 1. The van der Waals surface area contributed by atoms with Gasteiger partial charge in [-0.1, -0.05) is 87.1 Å². The van der Waals surface area contributed by atoms with Crippen LogP contribution in [0, 0.1) is 41.4 Å². The lowest BCUT2D eigenvalue weighted by Gasteiger charge is -2.38. The van der Waals surface area contributed by atoms with Crippen LogP contribution in [0.3, 0.4) is 0 Å². The van der Waals surface area contributed by atoms with E-state index in [-0.39, 0.29) is 0 Å². The van der Waals surface area contributed by atoms with E-state index in [1.807, 2.05) is 0 Å². The van der Waals surface area contributed by atoms with Gasteiger partial charge in [0.2, 0.25) is 0 Å². The highest BCUT2D eigenvalue weighted by Gasteiger charge is 2.31. The Hall–Kier alpha value is -0.260. The van der Waals surface area contributed by atoms with Crippen molar-refractivity contribution in [2.45, 2.75) is 93.9 Å². The molecule has 0 amide bonds. The van der Waals surface area contributed by atoms with Crippen LogP contribution in [0.2, 0.25) is 0 Å². The second-order valence-electron chi connectivity index (χ2n) is 8.45. The SMILES string of the molecule is C=CCCC(CCCC)C(C)C(C)C(C)C(C)C(C)C(C)CC. The predicted octanol–water partition coefficient (Wildman–Crippen LogP) is 7.99. The molecule has 0 rings (SSSR count). The molecular formula is C23H46. The fraction of sp³-hybridized carbons (Fsp3) is 0.913. The van der Waals surface area contributed by atoms with Gasteiger partial charge in [0.05, 0.1) is 0 Å². The zero-order chi connectivity index (χ0) is 18.0. The summed E-state index contributed by atoms with van der Waals surface area (Å²) in [4.78, 5) is 0. The van der Waals surface area contributed by atoms with Crippen LogP contribution in [-0.2, 0) is 0 Å². The molecule has 7 unspecified atom stereocenters. The third-order valence-corrected chi connectivity index (χ3v) is 7.27. The molecule has 0 N–H and O–H groups in total. The molecule has 0 heterocycles. The normalized spacial score (nSPS) is 21.0. The fourth-order valence-corrected chi connectivity index (χ4v) is 4.22. The summed E-state index contributed by atoms with van der Waals surface area (Å²) in [5.41, 5.74) is 0. The van der Waals surface area contributed by atoms with Gasteiger partial charge in [-0.25, -0.2) is 0 Å². The molecule has 0 aliphatic carbocycles. The topological polar surface area (TPSA) is 0 Å². The lowest BCUT2D eigenvalue weighted by atomic mass is 9.67. The highest BCUT2D eigenvalue weighted by atomic mass is 14.4. The summed E-state index contributed by atoms with van der Waals surface area (Å²) in [6, 6.07) is 0. The summed E-state index contributed by atoms with van der Waals surface area (Å²) in [5, 5.41) is 0. The summed E-state index contributed by atoms with van der Waals surface area (Å²) < 4.78 is 0. The van der Waals surface area contributed by atoms with Crippen LogP contribution in [0.25, 0.3) is 0 Å². The van der Waals surface area contributed by atoms with Crippen molar-refractivity contribution >= 4 is 0 Å². The van der Waals surface area contributed by atoms with Crippen LogP contribution in [-0.4, -0.2) is 0 Å². The summed E-state index contributed by atoms with van der Waals surface area (Å²) in [7, 11) is 0. The van der Waals surface area contributed by atoms with E-state index in [0.29, 0.717) is 0 Å². The quantitative estimate of drug-likeness (QED) is 0.301. The monoisotopic (exact) mass is 322 g/mol. The minimum atomic E-state index is 0.807. The molecule has 0 bridgehead atoms. The minimum Gasteiger partial charge on any atom is -0.103 e. The molecule has 23 heavy (non-hydrogen) atoms. The average Bonchev–Trinajstić information content (AvgIpc) is 2.57. The van der Waals surface area contributed by atoms with Crippen molar-refractivity contribution in [3.05, 3.63) is 12.7 Å². The molecule has 0 aromatic carbocycles. The Kier molecular flexibility index (Phi) is 12.0. The fourth-order valence-electron chi connectivity index (χ4n) is 4.22. The molecule has 0 aromatic rings. The lowest BCUT2D eigenvalue weighted by Crippen LogP contribution is -2.31. The maximum Gasteiger partial charge on any atom is -0.0351 e. The Labute approximate surface area is 148 Å². The molecule has 0 radical (unpaired) electrons. The Balaban J connectivity index is 4.83. The maximum absolute atomic E-state index is 3.93. The molecule has 0 saturated carbocycles. The van der Waals surface area contributed by atoms with E-state index in [9.17, 15) is 0 Å². The van der Waals surface area contributed by atoms with Crippen molar-refractivity contribution in [1.29, 1.82) is 0 Å². The number of rotatable bonds is 13. The molecule has 0 fully saturated rings. The first-order chi connectivity index (χ1) is 10.8. The molecular weight excluding hydrogens is 276 g/mol. The number of unbranched alkanes of at least 4 members (excludes halogenated alkanes) is 1. The summed E-state index contributed by atoms with van der Waals surface area (Å²) >= 11 is 0. The Morgan fingerprint density at radius 3 is 1.74 bits per heavy atom. The van der Waals surface area contributed by atoms with Gasteiger partial charge >= 0.3 is 0 Å². The largest absolute Gasteiger partial charge is 0.103 e. The molecule has 0 aliphatic heterocycles.